The number of rotatable bonds is 3. The van der Waals surface area contributed by atoms with Crippen LogP contribution < -0.4 is 10.5 Å². The standard InChI is InChI=1S/C15H19FN2O2S/c1-7-4-10(17)6-11(14(7)16)21(19,20)18-15-12-8-2-3-9(5-8)13(12)15/h4,6,8-9,12-13,15,18H,2-3,5,17H2,1H3. The summed E-state index contributed by atoms with van der Waals surface area (Å²) in [6.45, 7) is 1.52. The molecule has 0 aliphatic heterocycles. The van der Waals surface area contributed by atoms with Crippen LogP contribution in [0.25, 0.3) is 0 Å². The third kappa shape index (κ3) is 1.92. The average molecular weight is 310 g/mol. The lowest BCUT2D eigenvalue weighted by Gasteiger charge is -2.13. The summed E-state index contributed by atoms with van der Waals surface area (Å²) in [5, 5.41) is 0. The molecule has 4 unspecified atom stereocenters. The van der Waals surface area contributed by atoms with Crippen molar-refractivity contribution in [1.29, 1.82) is 0 Å². The number of aryl methyl sites for hydroxylation is 1. The van der Waals surface area contributed by atoms with Crippen LogP contribution in [-0.2, 0) is 10.0 Å². The van der Waals surface area contributed by atoms with Gasteiger partial charge in [0.15, 0.2) is 0 Å². The average Bonchev–Trinajstić information content (AvgIpc) is 2.82. The Bertz CT molecular complexity index is 703. The molecule has 3 aliphatic rings. The summed E-state index contributed by atoms with van der Waals surface area (Å²) in [5.41, 5.74) is 6.18. The minimum absolute atomic E-state index is 0.00221. The molecule has 0 aromatic heterocycles. The Balaban J connectivity index is 1.61. The van der Waals surface area contributed by atoms with Crippen LogP contribution in [0.2, 0.25) is 0 Å². The van der Waals surface area contributed by atoms with Gasteiger partial charge in [-0.05, 0) is 67.6 Å². The second-order valence-electron chi connectivity index (χ2n) is 6.78. The zero-order chi connectivity index (χ0) is 14.9. The van der Waals surface area contributed by atoms with Crippen LogP contribution in [0.1, 0.15) is 24.8 Å². The third-order valence-electron chi connectivity index (χ3n) is 5.56. The van der Waals surface area contributed by atoms with E-state index < -0.39 is 15.8 Å². The molecule has 3 N–H and O–H groups in total. The monoisotopic (exact) mass is 310 g/mol. The lowest BCUT2D eigenvalue weighted by atomic mass is 10.0. The van der Waals surface area contributed by atoms with Gasteiger partial charge in [0.25, 0.3) is 0 Å². The second-order valence-corrected chi connectivity index (χ2v) is 8.47. The van der Waals surface area contributed by atoms with Crippen molar-refractivity contribution in [2.45, 2.75) is 37.1 Å². The van der Waals surface area contributed by atoms with Crippen molar-refractivity contribution < 1.29 is 12.8 Å². The van der Waals surface area contributed by atoms with Gasteiger partial charge in [-0.1, -0.05) is 0 Å². The Morgan fingerprint density at radius 2 is 1.86 bits per heavy atom. The summed E-state index contributed by atoms with van der Waals surface area (Å²) in [4.78, 5) is -0.322. The Hall–Kier alpha value is -1.14. The van der Waals surface area contributed by atoms with Gasteiger partial charge in [-0.2, -0.15) is 0 Å². The molecule has 4 nitrogen and oxygen atoms in total. The molecule has 21 heavy (non-hydrogen) atoms. The molecule has 0 amide bonds. The Kier molecular flexibility index (Phi) is 2.70. The van der Waals surface area contributed by atoms with Gasteiger partial charge in [-0.25, -0.2) is 17.5 Å². The van der Waals surface area contributed by atoms with Gasteiger partial charge in [-0.3, -0.25) is 0 Å². The van der Waals surface area contributed by atoms with E-state index in [2.05, 4.69) is 4.72 Å². The minimum atomic E-state index is -3.84. The van der Waals surface area contributed by atoms with E-state index in [-0.39, 0.29) is 22.2 Å². The fourth-order valence-electron chi connectivity index (χ4n) is 4.69. The van der Waals surface area contributed by atoms with Crippen LogP contribution in [-0.4, -0.2) is 14.5 Å². The summed E-state index contributed by atoms with van der Waals surface area (Å²) in [7, 11) is -3.84. The van der Waals surface area contributed by atoms with E-state index in [0.29, 0.717) is 23.7 Å². The number of benzene rings is 1. The van der Waals surface area contributed by atoms with Crippen molar-refractivity contribution in [1.82, 2.24) is 4.72 Å². The number of halogens is 1. The summed E-state index contributed by atoms with van der Waals surface area (Å²) in [5.74, 6) is 1.58. The van der Waals surface area contributed by atoms with Crippen LogP contribution in [0, 0.1) is 36.4 Å². The molecule has 0 radical (unpaired) electrons. The lowest BCUT2D eigenvalue weighted by Crippen LogP contribution is -2.31. The zero-order valence-corrected chi connectivity index (χ0v) is 12.7. The highest BCUT2D eigenvalue weighted by Crippen LogP contribution is 2.65. The molecule has 1 aromatic rings. The van der Waals surface area contributed by atoms with Crippen molar-refractivity contribution in [2.24, 2.45) is 23.7 Å². The van der Waals surface area contributed by atoms with E-state index in [0.717, 1.165) is 0 Å². The molecule has 1 aromatic carbocycles. The van der Waals surface area contributed by atoms with E-state index in [4.69, 9.17) is 5.73 Å². The number of nitrogens with one attached hydrogen (secondary N) is 1. The predicted molar refractivity (Wildman–Crippen MR) is 77.5 cm³/mol. The largest absolute Gasteiger partial charge is 0.399 e. The molecule has 3 saturated carbocycles. The van der Waals surface area contributed by atoms with Gasteiger partial charge >= 0.3 is 0 Å². The molecule has 0 saturated heterocycles. The van der Waals surface area contributed by atoms with Crippen molar-refractivity contribution in [2.75, 3.05) is 5.73 Å². The summed E-state index contributed by atoms with van der Waals surface area (Å²) < 4.78 is 41.8. The van der Waals surface area contributed by atoms with Crippen LogP contribution >= 0.6 is 0 Å². The van der Waals surface area contributed by atoms with Gasteiger partial charge in [0, 0.05) is 11.7 Å². The number of sulfonamides is 1. The second kappa shape index (κ2) is 4.20. The molecule has 0 heterocycles. The van der Waals surface area contributed by atoms with Crippen molar-refractivity contribution in [3.8, 4) is 0 Å². The Labute approximate surface area is 124 Å². The number of fused-ring (bicyclic) bond motifs is 5. The van der Waals surface area contributed by atoms with E-state index in [1.165, 1.54) is 38.3 Å². The highest BCUT2D eigenvalue weighted by atomic mass is 32.2. The normalized spacial score (nSPS) is 36.8. The van der Waals surface area contributed by atoms with E-state index in [1.807, 2.05) is 0 Å². The maximum atomic E-state index is 14.1. The molecule has 0 spiro atoms. The first-order valence-corrected chi connectivity index (χ1v) is 8.95. The first-order chi connectivity index (χ1) is 9.88. The molecular formula is C15H19FN2O2S. The Morgan fingerprint density at radius 3 is 2.48 bits per heavy atom. The zero-order valence-electron chi connectivity index (χ0n) is 11.8. The minimum Gasteiger partial charge on any atom is -0.399 e. The van der Waals surface area contributed by atoms with E-state index >= 15 is 0 Å². The highest BCUT2D eigenvalue weighted by Gasteiger charge is 2.65. The van der Waals surface area contributed by atoms with Gasteiger partial charge in [-0.15, -0.1) is 0 Å². The molecule has 3 fully saturated rings. The van der Waals surface area contributed by atoms with Gasteiger partial charge < -0.3 is 5.73 Å². The molecule has 4 rings (SSSR count). The molecular weight excluding hydrogens is 291 g/mol. The molecule has 6 heteroatoms. The van der Waals surface area contributed by atoms with Crippen LogP contribution in [0.5, 0.6) is 0 Å². The van der Waals surface area contributed by atoms with Crippen molar-refractivity contribution >= 4 is 15.7 Å². The van der Waals surface area contributed by atoms with Crippen molar-refractivity contribution in [3.63, 3.8) is 0 Å². The first kappa shape index (κ1) is 13.5. The summed E-state index contributed by atoms with van der Waals surface area (Å²) in [6.07, 6.45) is 3.69. The molecule has 4 atom stereocenters. The van der Waals surface area contributed by atoms with Crippen LogP contribution in [0.4, 0.5) is 10.1 Å². The number of nitrogens with two attached hydrogens (primary N) is 1. The number of hydrogen-bond acceptors (Lipinski definition) is 3. The van der Waals surface area contributed by atoms with Crippen molar-refractivity contribution in [3.05, 3.63) is 23.5 Å². The number of hydrogen-bond donors (Lipinski definition) is 2. The Morgan fingerprint density at radius 1 is 1.24 bits per heavy atom. The highest BCUT2D eigenvalue weighted by molar-refractivity contribution is 7.89. The number of nitrogen functional groups attached to an aromatic ring is 1. The predicted octanol–water partition coefficient (Wildman–Crippen LogP) is 2.04. The lowest BCUT2D eigenvalue weighted by molar-refractivity contribution is 0.456. The van der Waals surface area contributed by atoms with Gasteiger partial charge in [0.05, 0.1) is 0 Å². The third-order valence-corrected chi connectivity index (χ3v) is 7.02. The maximum absolute atomic E-state index is 14.1. The fraction of sp³-hybridized carbons (Fsp3) is 0.600. The molecule has 2 bridgehead atoms. The van der Waals surface area contributed by atoms with E-state index in [9.17, 15) is 12.8 Å². The van der Waals surface area contributed by atoms with Crippen LogP contribution in [0.15, 0.2) is 17.0 Å². The van der Waals surface area contributed by atoms with Crippen LogP contribution in [0.3, 0.4) is 0 Å². The van der Waals surface area contributed by atoms with Gasteiger partial charge in [0.1, 0.15) is 10.7 Å². The maximum Gasteiger partial charge on any atom is 0.243 e. The van der Waals surface area contributed by atoms with E-state index in [1.54, 1.807) is 0 Å². The number of anilines is 1. The molecule has 3 aliphatic carbocycles. The topological polar surface area (TPSA) is 72.2 Å². The smallest absolute Gasteiger partial charge is 0.243 e. The molecule has 114 valence electrons. The summed E-state index contributed by atoms with van der Waals surface area (Å²) in [6, 6.07) is 2.65. The summed E-state index contributed by atoms with van der Waals surface area (Å²) >= 11 is 0. The SMILES string of the molecule is Cc1cc(N)cc(S(=O)(=O)NC2C3C4CCC(C4)C23)c1F. The van der Waals surface area contributed by atoms with Gasteiger partial charge in [0.2, 0.25) is 10.0 Å². The first-order valence-electron chi connectivity index (χ1n) is 7.46. The quantitative estimate of drug-likeness (QED) is 0.839. The fourth-order valence-corrected chi connectivity index (χ4v) is 6.17.